The first-order valence-corrected chi connectivity index (χ1v) is 5.72. The van der Waals surface area contributed by atoms with E-state index < -0.39 is 17.9 Å². The SMILES string of the molecule is CCOC(=O)c1coc(N2CCC(C(=O)O)C2)n1. The van der Waals surface area contributed by atoms with E-state index in [1.54, 1.807) is 11.8 Å². The van der Waals surface area contributed by atoms with Crippen LogP contribution in [0.2, 0.25) is 0 Å². The molecule has 98 valence electrons. The van der Waals surface area contributed by atoms with Crippen molar-refractivity contribution in [1.29, 1.82) is 0 Å². The molecule has 1 atom stereocenters. The number of nitrogens with zero attached hydrogens (tertiary/aromatic N) is 2. The zero-order valence-corrected chi connectivity index (χ0v) is 9.96. The number of ether oxygens (including phenoxy) is 1. The lowest BCUT2D eigenvalue weighted by Gasteiger charge is -2.11. The van der Waals surface area contributed by atoms with E-state index in [4.69, 9.17) is 14.3 Å². The van der Waals surface area contributed by atoms with Crippen molar-refractivity contribution >= 4 is 18.0 Å². The van der Waals surface area contributed by atoms with Crippen LogP contribution in [0.3, 0.4) is 0 Å². The molecule has 0 spiro atoms. The molecule has 0 radical (unpaired) electrons. The summed E-state index contributed by atoms with van der Waals surface area (Å²) in [4.78, 5) is 27.9. The summed E-state index contributed by atoms with van der Waals surface area (Å²) in [5, 5.41) is 8.89. The largest absolute Gasteiger partial charge is 0.481 e. The Bertz CT molecular complexity index is 456. The number of carboxylic acid groups (broad SMARTS) is 1. The van der Waals surface area contributed by atoms with Crippen LogP contribution in [0.25, 0.3) is 0 Å². The van der Waals surface area contributed by atoms with E-state index in [0.29, 0.717) is 19.5 Å². The van der Waals surface area contributed by atoms with E-state index >= 15 is 0 Å². The van der Waals surface area contributed by atoms with E-state index in [1.165, 1.54) is 6.26 Å². The molecule has 0 aliphatic carbocycles. The summed E-state index contributed by atoms with van der Waals surface area (Å²) < 4.78 is 9.95. The van der Waals surface area contributed by atoms with Crippen LogP contribution >= 0.6 is 0 Å². The summed E-state index contributed by atoms with van der Waals surface area (Å²) in [5.74, 6) is -1.78. The topological polar surface area (TPSA) is 92.9 Å². The Morgan fingerprint density at radius 2 is 2.44 bits per heavy atom. The molecule has 1 aromatic rings. The highest BCUT2D eigenvalue weighted by Crippen LogP contribution is 2.23. The molecule has 1 aliphatic rings. The zero-order chi connectivity index (χ0) is 13.1. The molecule has 1 unspecified atom stereocenters. The molecule has 0 saturated carbocycles. The first-order chi connectivity index (χ1) is 8.61. The van der Waals surface area contributed by atoms with Crippen LogP contribution in [0.5, 0.6) is 0 Å². The lowest BCUT2D eigenvalue weighted by Crippen LogP contribution is -2.23. The van der Waals surface area contributed by atoms with Crippen molar-refractivity contribution in [1.82, 2.24) is 4.98 Å². The van der Waals surface area contributed by atoms with Crippen LogP contribution in [0.4, 0.5) is 6.01 Å². The highest BCUT2D eigenvalue weighted by Gasteiger charge is 2.30. The van der Waals surface area contributed by atoms with Crippen molar-refractivity contribution in [3.05, 3.63) is 12.0 Å². The van der Waals surface area contributed by atoms with Gasteiger partial charge in [-0.05, 0) is 13.3 Å². The second kappa shape index (κ2) is 5.07. The fraction of sp³-hybridized carbons (Fsp3) is 0.545. The van der Waals surface area contributed by atoms with Gasteiger partial charge in [-0.2, -0.15) is 4.98 Å². The van der Waals surface area contributed by atoms with Gasteiger partial charge in [0.1, 0.15) is 6.26 Å². The Hall–Kier alpha value is -2.05. The predicted molar refractivity (Wildman–Crippen MR) is 60.4 cm³/mol. The number of rotatable bonds is 4. The second-order valence-electron chi connectivity index (χ2n) is 4.01. The van der Waals surface area contributed by atoms with Crippen LogP contribution in [0.15, 0.2) is 10.7 Å². The van der Waals surface area contributed by atoms with Crippen molar-refractivity contribution < 1.29 is 23.8 Å². The summed E-state index contributed by atoms with van der Waals surface area (Å²) in [7, 11) is 0. The Morgan fingerprint density at radius 1 is 1.67 bits per heavy atom. The molecule has 2 heterocycles. The van der Waals surface area contributed by atoms with Crippen LogP contribution in [-0.4, -0.2) is 41.7 Å². The lowest BCUT2D eigenvalue weighted by atomic mass is 10.1. The number of esters is 1. The van der Waals surface area contributed by atoms with Gasteiger partial charge >= 0.3 is 11.9 Å². The number of carbonyl (C=O) groups is 2. The molecule has 0 bridgehead atoms. The Balaban J connectivity index is 2.03. The van der Waals surface area contributed by atoms with Gasteiger partial charge < -0.3 is 19.2 Å². The molecule has 1 saturated heterocycles. The molecule has 0 aromatic carbocycles. The van der Waals surface area contributed by atoms with Gasteiger partial charge in [0.2, 0.25) is 0 Å². The zero-order valence-electron chi connectivity index (χ0n) is 9.96. The minimum absolute atomic E-state index is 0.102. The molecule has 1 aromatic heterocycles. The minimum atomic E-state index is -0.824. The number of aliphatic carboxylic acids is 1. The number of carbonyl (C=O) groups excluding carboxylic acids is 1. The number of hydrogen-bond acceptors (Lipinski definition) is 6. The minimum Gasteiger partial charge on any atom is -0.481 e. The number of oxazole rings is 1. The number of aromatic nitrogens is 1. The Kier molecular flexibility index (Phi) is 3.50. The van der Waals surface area contributed by atoms with E-state index in [-0.39, 0.29) is 18.3 Å². The normalized spacial score (nSPS) is 18.9. The maximum Gasteiger partial charge on any atom is 0.360 e. The summed E-state index contributed by atoms with van der Waals surface area (Å²) >= 11 is 0. The number of carboxylic acids is 1. The molecule has 2 rings (SSSR count). The Morgan fingerprint density at radius 3 is 3.06 bits per heavy atom. The first kappa shape index (κ1) is 12.4. The average Bonchev–Trinajstić information content (AvgIpc) is 2.98. The van der Waals surface area contributed by atoms with Crippen molar-refractivity contribution in [2.24, 2.45) is 5.92 Å². The fourth-order valence-electron chi connectivity index (χ4n) is 1.84. The van der Waals surface area contributed by atoms with Gasteiger partial charge in [0.25, 0.3) is 6.01 Å². The van der Waals surface area contributed by atoms with Gasteiger partial charge in [-0.15, -0.1) is 0 Å². The van der Waals surface area contributed by atoms with Gasteiger partial charge in [-0.25, -0.2) is 4.79 Å². The summed E-state index contributed by atoms with van der Waals surface area (Å²) in [6, 6.07) is 0.266. The van der Waals surface area contributed by atoms with E-state index in [1.807, 2.05) is 0 Å². The van der Waals surface area contributed by atoms with E-state index in [0.717, 1.165) is 0 Å². The molecular weight excluding hydrogens is 240 g/mol. The Labute approximate surface area is 103 Å². The number of hydrogen-bond donors (Lipinski definition) is 1. The fourth-order valence-corrected chi connectivity index (χ4v) is 1.84. The quantitative estimate of drug-likeness (QED) is 0.793. The molecule has 1 N–H and O–H groups in total. The third-order valence-corrected chi connectivity index (χ3v) is 2.78. The molecule has 0 amide bonds. The smallest absolute Gasteiger partial charge is 0.360 e. The molecule has 1 aliphatic heterocycles. The lowest BCUT2D eigenvalue weighted by molar-refractivity contribution is -0.140. The van der Waals surface area contributed by atoms with Crippen molar-refractivity contribution in [3.8, 4) is 0 Å². The first-order valence-electron chi connectivity index (χ1n) is 5.72. The van der Waals surface area contributed by atoms with Crippen LogP contribution < -0.4 is 4.90 Å². The maximum atomic E-state index is 11.4. The monoisotopic (exact) mass is 254 g/mol. The molecule has 18 heavy (non-hydrogen) atoms. The van der Waals surface area contributed by atoms with Crippen LogP contribution in [-0.2, 0) is 9.53 Å². The molecule has 1 fully saturated rings. The van der Waals surface area contributed by atoms with Gasteiger partial charge in [-0.3, -0.25) is 4.79 Å². The van der Waals surface area contributed by atoms with E-state index in [9.17, 15) is 9.59 Å². The predicted octanol–water partition coefficient (Wildman–Crippen LogP) is 0.762. The second-order valence-corrected chi connectivity index (χ2v) is 4.01. The summed E-state index contributed by atoms with van der Waals surface area (Å²) in [5.41, 5.74) is 0.102. The molecular formula is C11H14N2O5. The van der Waals surface area contributed by atoms with Crippen molar-refractivity contribution in [2.45, 2.75) is 13.3 Å². The van der Waals surface area contributed by atoms with Gasteiger partial charge in [-0.1, -0.05) is 0 Å². The van der Waals surface area contributed by atoms with Gasteiger partial charge in [0.15, 0.2) is 5.69 Å². The van der Waals surface area contributed by atoms with Gasteiger partial charge in [0, 0.05) is 13.1 Å². The maximum absolute atomic E-state index is 11.4. The third-order valence-electron chi connectivity index (χ3n) is 2.78. The summed E-state index contributed by atoms with van der Waals surface area (Å²) in [6.45, 7) is 2.88. The van der Waals surface area contributed by atoms with E-state index in [2.05, 4.69) is 4.98 Å². The van der Waals surface area contributed by atoms with Crippen LogP contribution in [0.1, 0.15) is 23.8 Å². The highest BCUT2D eigenvalue weighted by atomic mass is 16.5. The highest BCUT2D eigenvalue weighted by molar-refractivity contribution is 5.87. The van der Waals surface area contributed by atoms with Crippen molar-refractivity contribution in [2.75, 3.05) is 24.6 Å². The molecule has 7 heteroatoms. The van der Waals surface area contributed by atoms with Crippen LogP contribution in [0, 0.1) is 5.92 Å². The third kappa shape index (κ3) is 2.44. The molecule has 7 nitrogen and oxygen atoms in total. The average molecular weight is 254 g/mol. The van der Waals surface area contributed by atoms with Crippen molar-refractivity contribution in [3.63, 3.8) is 0 Å². The summed E-state index contributed by atoms with van der Waals surface area (Å²) in [6.07, 6.45) is 1.77. The number of anilines is 1. The van der Waals surface area contributed by atoms with Gasteiger partial charge in [0.05, 0.1) is 12.5 Å². The standard InChI is InChI=1S/C11H14N2O5/c1-2-17-10(16)8-6-18-11(12-8)13-4-3-7(5-13)9(14)15/h6-7H,2-5H2,1H3,(H,14,15).